The molecule has 1 saturated heterocycles. The molecule has 3 rings (SSSR count). The van der Waals surface area contributed by atoms with E-state index in [2.05, 4.69) is 4.90 Å². The fraction of sp³-hybridized carbons (Fsp3) is 0.381. The lowest BCUT2D eigenvalue weighted by Crippen LogP contribution is -2.33. The van der Waals surface area contributed by atoms with E-state index < -0.39 is 6.23 Å². The van der Waals surface area contributed by atoms with Gasteiger partial charge in [-0.1, -0.05) is 30.7 Å². The number of aliphatic hydroxyl groups excluding tert-OH is 1. The Hall–Kier alpha value is -2.37. The molecule has 1 atom stereocenters. The number of benzene rings is 2. The number of ether oxygens (including phenoxy) is 1. The molecule has 0 bridgehead atoms. The molecule has 1 heterocycles. The van der Waals surface area contributed by atoms with Gasteiger partial charge in [-0.05, 0) is 42.7 Å². The van der Waals surface area contributed by atoms with E-state index in [0.717, 1.165) is 37.2 Å². The standard InChI is InChI=1S/C21H26N2O3/c1-22(18-8-4-5-9-19(18)26-2)20(24)16-10-12-17(13-11-16)21(25)23-14-6-3-7-15-23/h4-5,8-13,21,25H,3,6-7,14-15H2,1-2H3. The molecule has 1 fully saturated rings. The van der Waals surface area contributed by atoms with E-state index in [1.807, 2.05) is 36.4 Å². The van der Waals surface area contributed by atoms with E-state index in [1.54, 1.807) is 31.2 Å². The number of methoxy groups -OCH3 is 1. The summed E-state index contributed by atoms with van der Waals surface area (Å²) in [5.74, 6) is 0.536. The molecule has 1 unspecified atom stereocenters. The Balaban J connectivity index is 1.74. The molecule has 0 radical (unpaired) electrons. The molecule has 0 saturated carbocycles. The van der Waals surface area contributed by atoms with E-state index in [1.165, 1.54) is 6.42 Å². The number of hydrogen-bond donors (Lipinski definition) is 1. The first kappa shape index (κ1) is 18.4. The first-order chi connectivity index (χ1) is 12.6. The van der Waals surface area contributed by atoms with Gasteiger partial charge >= 0.3 is 0 Å². The summed E-state index contributed by atoms with van der Waals surface area (Å²) in [5, 5.41) is 10.5. The number of carbonyl (C=O) groups excluding carboxylic acids is 1. The monoisotopic (exact) mass is 354 g/mol. The topological polar surface area (TPSA) is 53.0 Å². The third-order valence-corrected chi connectivity index (χ3v) is 4.94. The Labute approximate surface area is 154 Å². The SMILES string of the molecule is COc1ccccc1N(C)C(=O)c1ccc(C(O)N2CCCCC2)cc1. The summed E-state index contributed by atoms with van der Waals surface area (Å²) < 4.78 is 5.34. The third-order valence-electron chi connectivity index (χ3n) is 4.94. The van der Waals surface area contributed by atoms with Gasteiger partial charge in [-0.25, -0.2) is 0 Å². The number of likely N-dealkylation sites (tertiary alicyclic amines) is 1. The number of amides is 1. The summed E-state index contributed by atoms with van der Waals surface area (Å²) in [6.07, 6.45) is 2.87. The normalized spacial score (nSPS) is 16.1. The first-order valence-electron chi connectivity index (χ1n) is 9.05. The number of rotatable bonds is 5. The van der Waals surface area contributed by atoms with Crippen molar-refractivity contribution in [1.29, 1.82) is 0 Å². The number of para-hydroxylation sites is 2. The maximum atomic E-state index is 12.8. The molecule has 1 aliphatic heterocycles. The number of aliphatic hydroxyl groups is 1. The average Bonchev–Trinajstić information content (AvgIpc) is 2.73. The first-order valence-corrected chi connectivity index (χ1v) is 9.05. The maximum absolute atomic E-state index is 12.8. The molecule has 1 amide bonds. The molecule has 2 aromatic carbocycles. The Morgan fingerprint density at radius 2 is 1.73 bits per heavy atom. The van der Waals surface area contributed by atoms with E-state index in [9.17, 15) is 9.90 Å². The van der Waals surface area contributed by atoms with Gasteiger partial charge in [-0.15, -0.1) is 0 Å². The van der Waals surface area contributed by atoms with Gasteiger partial charge in [-0.2, -0.15) is 0 Å². The smallest absolute Gasteiger partial charge is 0.258 e. The molecule has 5 heteroatoms. The Bertz CT molecular complexity index is 739. The van der Waals surface area contributed by atoms with Crippen LogP contribution in [0.25, 0.3) is 0 Å². The van der Waals surface area contributed by atoms with Crippen LogP contribution in [0.15, 0.2) is 48.5 Å². The van der Waals surface area contributed by atoms with Gasteiger partial charge in [-0.3, -0.25) is 9.69 Å². The fourth-order valence-electron chi connectivity index (χ4n) is 3.38. The van der Waals surface area contributed by atoms with Crippen LogP contribution in [-0.4, -0.2) is 43.2 Å². The molecular formula is C21H26N2O3. The maximum Gasteiger partial charge on any atom is 0.258 e. The van der Waals surface area contributed by atoms with Gasteiger partial charge in [0.25, 0.3) is 5.91 Å². The summed E-state index contributed by atoms with van der Waals surface area (Å²) in [7, 11) is 3.32. The summed E-state index contributed by atoms with van der Waals surface area (Å²) in [5.41, 5.74) is 2.12. The highest BCUT2D eigenvalue weighted by atomic mass is 16.5. The van der Waals surface area contributed by atoms with Gasteiger partial charge in [0.05, 0.1) is 12.8 Å². The van der Waals surface area contributed by atoms with Crippen molar-refractivity contribution >= 4 is 11.6 Å². The van der Waals surface area contributed by atoms with E-state index in [0.29, 0.717) is 11.3 Å². The van der Waals surface area contributed by atoms with Crippen molar-refractivity contribution in [3.8, 4) is 5.75 Å². The highest BCUT2D eigenvalue weighted by Gasteiger charge is 2.21. The Kier molecular flexibility index (Phi) is 5.91. The van der Waals surface area contributed by atoms with E-state index in [-0.39, 0.29) is 5.91 Å². The Morgan fingerprint density at radius 3 is 2.38 bits per heavy atom. The van der Waals surface area contributed by atoms with Crippen molar-refractivity contribution in [3.63, 3.8) is 0 Å². The van der Waals surface area contributed by atoms with Crippen LogP contribution in [0.5, 0.6) is 5.75 Å². The lowest BCUT2D eigenvalue weighted by molar-refractivity contribution is -0.00983. The van der Waals surface area contributed by atoms with E-state index in [4.69, 9.17) is 4.74 Å². The van der Waals surface area contributed by atoms with Crippen LogP contribution in [0.2, 0.25) is 0 Å². The molecule has 2 aromatic rings. The van der Waals surface area contributed by atoms with Crippen molar-refractivity contribution in [1.82, 2.24) is 4.90 Å². The number of carbonyl (C=O) groups is 1. The molecule has 0 aromatic heterocycles. The quantitative estimate of drug-likeness (QED) is 0.894. The zero-order valence-electron chi connectivity index (χ0n) is 15.4. The highest BCUT2D eigenvalue weighted by molar-refractivity contribution is 6.06. The van der Waals surface area contributed by atoms with Crippen LogP contribution in [0.1, 0.15) is 41.4 Å². The third kappa shape index (κ3) is 3.89. The molecule has 1 aliphatic rings. The average molecular weight is 354 g/mol. The minimum atomic E-state index is -0.605. The lowest BCUT2D eigenvalue weighted by atomic mass is 10.1. The number of anilines is 1. The molecule has 1 N–H and O–H groups in total. The van der Waals surface area contributed by atoms with Crippen molar-refractivity contribution in [2.75, 3.05) is 32.1 Å². The van der Waals surface area contributed by atoms with Crippen molar-refractivity contribution in [2.24, 2.45) is 0 Å². The van der Waals surface area contributed by atoms with Crippen LogP contribution < -0.4 is 9.64 Å². The zero-order chi connectivity index (χ0) is 18.5. The predicted molar refractivity (Wildman–Crippen MR) is 103 cm³/mol. The van der Waals surface area contributed by atoms with Crippen LogP contribution >= 0.6 is 0 Å². The molecule has 138 valence electrons. The van der Waals surface area contributed by atoms with Gasteiger partial charge in [0.15, 0.2) is 0 Å². The zero-order valence-corrected chi connectivity index (χ0v) is 15.4. The molecule has 5 nitrogen and oxygen atoms in total. The van der Waals surface area contributed by atoms with Crippen molar-refractivity contribution in [3.05, 3.63) is 59.7 Å². The second-order valence-electron chi connectivity index (χ2n) is 6.63. The Morgan fingerprint density at radius 1 is 1.08 bits per heavy atom. The number of nitrogens with zero attached hydrogens (tertiary/aromatic N) is 2. The van der Waals surface area contributed by atoms with Gasteiger partial charge in [0, 0.05) is 25.7 Å². The second-order valence-corrected chi connectivity index (χ2v) is 6.63. The second kappa shape index (κ2) is 8.34. The van der Waals surface area contributed by atoms with Gasteiger partial charge < -0.3 is 14.7 Å². The summed E-state index contributed by atoms with van der Waals surface area (Å²) in [6, 6.07) is 14.7. The molecule has 0 spiro atoms. The number of piperidine rings is 1. The highest BCUT2D eigenvalue weighted by Crippen LogP contribution is 2.28. The number of hydrogen-bond acceptors (Lipinski definition) is 4. The largest absolute Gasteiger partial charge is 0.495 e. The predicted octanol–water partition coefficient (Wildman–Crippen LogP) is 3.45. The van der Waals surface area contributed by atoms with Crippen molar-refractivity contribution < 1.29 is 14.6 Å². The molecule has 0 aliphatic carbocycles. The molecular weight excluding hydrogens is 328 g/mol. The van der Waals surface area contributed by atoms with Crippen LogP contribution in [0, 0.1) is 0 Å². The summed E-state index contributed by atoms with van der Waals surface area (Å²) in [6.45, 7) is 1.83. The molecule has 26 heavy (non-hydrogen) atoms. The lowest BCUT2D eigenvalue weighted by Gasteiger charge is -2.31. The van der Waals surface area contributed by atoms with Gasteiger partial charge in [0.2, 0.25) is 0 Å². The minimum absolute atomic E-state index is 0.117. The van der Waals surface area contributed by atoms with E-state index >= 15 is 0 Å². The van der Waals surface area contributed by atoms with Gasteiger partial charge in [0.1, 0.15) is 12.0 Å². The minimum Gasteiger partial charge on any atom is -0.495 e. The van der Waals surface area contributed by atoms with Crippen LogP contribution in [0.4, 0.5) is 5.69 Å². The fourth-order valence-corrected chi connectivity index (χ4v) is 3.38. The summed E-state index contributed by atoms with van der Waals surface area (Å²) in [4.78, 5) is 16.5. The van der Waals surface area contributed by atoms with Crippen LogP contribution in [-0.2, 0) is 0 Å². The van der Waals surface area contributed by atoms with Crippen molar-refractivity contribution in [2.45, 2.75) is 25.5 Å². The summed E-state index contributed by atoms with van der Waals surface area (Å²) >= 11 is 0. The van der Waals surface area contributed by atoms with Crippen LogP contribution in [0.3, 0.4) is 0 Å².